The molecule has 19 heteroatoms. The van der Waals surface area contributed by atoms with E-state index >= 15 is 0 Å². The van der Waals surface area contributed by atoms with Crippen molar-refractivity contribution in [2.45, 2.75) is 29.6 Å². The molecule has 2 unspecified atom stereocenters. The number of carboxylic acid groups (broad SMARTS) is 1. The van der Waals surface area contributed by atoms with Crippen LogP contribution >= 0.6 is 34.9 Å². The van der Waals surface area contributed by atoms with Gasteiger partial charge in [0.15, 0.2) is 11.2 Å². The molecular formula is C19H21N9O7S3. The van der Waals surface area contributed by atoms with Gasteiger partial charge in [0.2, 0.25) is 11.8 Å². The molecule has 2 aromatic heterocycles. The molecule has 0 radical (unpaired) electrons. The molecule has 0 saturated carbocycles. The molecule has 0 aliphatic carbocycles. The van der Waals surface area contributed by atoms with Gasteiger partial charge < -0.3 is 31.0 Å². The number of aryl methyl sites for hydroxylation is 1. The van der Waals surface area contributed by atoms with Crippen molar-refractivity contribution in [3.63, 3.8) is 0 Å². The molecule has 0 spiro atoms. The SMILES string of the molecule is Cc1nnc(SCC2=C(OC(=O)O)N3C(=O)C(N(C(=O)C(N)c4csc(N)n4)N4CCNC4=O)[C@@H]3SC2)o1. The van der Waals surface area contributed by atoms with E-state index in [-0.39, 0.29) is 46.5 Å². The highest BCUT2D eigenvalue weighted by Gasteiger charge is 2.59. The molecule has 3 atom stereocenters. The van der Waals surface area contributed by atoms with E-state index in [0.29, 0.717) is 11.5 Å². The Bertz CT molecular complexity index is 1330. The average molecular weight is 584 g/mol. The van der Waals surface area contributed by atoms with Crippen molar-refractivity contribution in [2.24, 2.45) is 5.73 Å². The van der Waals surface area contributed by atoms with Gasteiger partial charge in [-0.1, -0.05) is 11.8 Å². The van der Waals surface area contributed by atoms with Crippen molar-refractivity contribution in [2.75, 3.05) is 30.3 Å². The standard InChI is InChI=1S/C19H21N9O7S3/c1-7-24-25-18(34-7)38-5-8-4-36-15-11(13(30)27(15)14(8)35-19(32)33)28(26-3-2-22-17(26)31)12(29)10(20)9-6-37-16(21)23-9/h6,10-11,15H,2-5,20H2,1H3,(H2,21,23)(H,22,31)(H,32,33)/t10?,11?,15-/m0/s1. The molecular weight excluding hydrogens is 562 g/mol. The van der Waals surface area contributed by atoms with Crippen molar-refractivity contribution < 1.29 is 33.4 Å². The third-order valence-corrected chi connectivity index (χ3v) is 8.66. The van der Waals surface area contributed by atoms with Crippen LogP contribution in [0.4, 0.5) is 14.7 Å². The van der Waals surface area contributed by atoms with Gasteiger partial charge in [0, 0.05) is 35.9 Å². The van der Waals surface area contributed by atoms with Crippen molar-refractivity contribution in [3.05, 3.63) is 28.4 Å². The number of hydrazine groups is 1. The first-order valence-corrected chi connectivity index (χ1v) is 13.9. The second-order valence-corrected chi connectivity index (χ2v) is 11.1. The van der Waals surface area contributed by atoms with Gasteiger partial charge in [0.05, 0.1) is 12.2 Å². The number of rotatable bonds is 8. The summed E-state index contributed by atoms with van der Waals surface area (Å²) in [7, 11) is 0. The Labute approximate surface area is 226 Å². The highest BCUT2D eigenvalue weighted by atomic mass is 32.2. The third-order valence-electron chi connectivity index (χ3n) is 5.73. The molecule has 0 bridgehead atoms. The van der Waals surface area contributed by atoms with Crippen molar-refractivity contribution in [1.82, 2.24) is 35.4 Å². The number of carbonyl (C=O) groups excluding carboxylic acids is 3. The van der Waals surface area contributed by atoms with Gasteiger partial charge in [-0.2, -0.15) is 0 Å². The number of aromatic nitrogens is 3. The molecule has 3 aliphatic heterocycles. The molecule has 16 nitrogen and oxygen atoms in total. The van der Waals surface area contributed by atoms with Crippen LogP contribution in [0.5, 0.6) is 0 Å². The maximum Gasteiger partial charge on any atom is 0.512 e. The van der Waals surface area contributed by atoms with E-state index in [1.165, 1.54) is 22.0 Å². The Morgan fingerprint density at radius 3 is 2.82 bits per heavy atom. The fourth-order valence-corrected chi connectivity index (χ4v) is 6.94. The molecule has 2 aromatic rings. The normalized spacial score (nSPS) is 21.6. The van der Waals surface area contributed by atoms with Crippen LogP contribution in [0, 0.1) is 6.92 Å². The Hall–Kier alpha value is -3.55. The van der Waals surface area contributed by atoms with Gasteiger partial charge in [0.25, 0.3) is 17.0 Å². The van der Waals surface area contributed by atoms with Crippen molar-refractivity contribution in [1.29, 1.82) is 0 Å². The van der Waals surface area contributed by atoms with E-state index in [1.54, 1.807) is 6.92 Å². The van der Waals surface area contributed by atoms with Crippen LogP contribution < -0.4 is 16.8 Å². The van der Waals surface area contributed by atoms with E-state index in [2.05, 4.69) is 20.5 Å². The van der Waals surface area contributed by atoms with Gasteiger partial charge in [-0.3, -0.25) is 14.5 Å². The fraction of sp³-hybridized carbons (Fsp3) is 0.421. The van der Waals surface area contributed by atoms with E-state index in [9.17, 15) is 24.3 Å². The number of hydrogen-bond acceptors (Lipinski definition) is 14. The zero-order valence-corrected chi connectivity index (χ0v) is 22.0. The summed E-state index contributed by atoms with van der Waals surface area (Å²) in [5.41, 5.74) is 12.6. The van der Waals surface area contributed by atoms with Crippen LogP contribution in [-0.4, -0.2) is 95.2 Å². The summed E-state index contributed by atoms with van der Waals surface area (Å²) in [6.07, 6.45) is -1.60. The van der Waals surface area contributed by atoms with Gasteiger partial charge in [0.1, 0.15) is 11.4 Å². The first-order valence-electron chi connectivity index (χ1n) is 11.0. The summed E-state index contributed by atoms with van der Waals surface area (Å²) in [5.74, 6) is -0.656. The minimum atomic E-state index is -1.60. The number of nitrogen functional groups attached to an aromatic ring is 1. The molecule has 0 aromatic carbocycles. The highest BCUT2D eigenvalue weighted by molar-refractivity contribution is 8.01. The first kappa shape index (κ1) is 26.1. The number of carbonyl (C=O) groups is 4. The zero-order chi connectivity index (χ0) is 27.1. The van der Waals surface area contributed by atoms with Gasteiger partial charge >= 0.3 is 12.2 Å². The number of fused-ring (bicyclic) bond motifs is 1. The smallest absolute Gasteiger partial charge is 0.449 e. The van der Waals surface area contributed by atoms with Gasteiger partial charge in [-0.25, -0.2) is 24.6 Å². The molecule has 6 N–H and O–H groups in total. The number of β-lactam (4-membered cyclic amide) rings is 1. The number of nitrogens with two attached hydrogens (primary N) is 2. The molecule has 2 fully saturated rings. The van der Waals surface area contributed by atoms with Crippen molar-refractivity contribution in [3.8, 4) is 0 Å². The van der Waals surface area contributed by atoms with Crippen LogP contribution in [0.15, 0.2) is 26.5 Å². The molecule has 202 valence electrons. The summed E-state index contributed by atoms with van der Waals surface area (Å²) in [5, 5.41) is 23.1. The highest BCUT2D eigenvalue weighted by Crippen LogP contribution is 2.44. The predicted molar refractivity (Wildman–Crippen MR) is 133 cm³/mol. The Kier molecular flexibility index (Phi) is 7.07. The minimum absolute atomic E-state index is 0.122. The van der Waals surface area contributed by atoms with E-state index in [0.717, 1.165) is 33.1 Å². The average Bonchev–Trinajstić information content (AvgIpc) is 3.61. The number of nitrogens with one attached hydrogen (secondary N) is 1. The number of ether oxygens (including phenoxy) is 1. The van der Waals surface area contributed by atoms with E-state index in [4.69, 9.17) is 20.6 Å². The maximum atomic E-state index is 13.6. The number of hydrogen-bond donors (Lipinski definition) is 4. The van der Waals surface area contributed by atoms with E-state index < -0.39 is 41.5 Å². The summed E-state index contributed by atoms with van der Waals surface area (Å²) < 4.78 is 10.4. The summed E-state index contributed by atoms with van der Waals surface area (Å²) in [6.45, 7) is 2.02. The molecule has 3 aliphatic rings. The number of thioether (sulfide) groups is 2. The second-order valence-electron chi connectivity index (χ2n) is 8.13. The fourth-order valence-electron chi connectivity index (χ4n) is 4.05. The Morgan fingerprint density at radius 2 is 2.21 bits per heavy atom. The number of anilines is 1. The van der Waals surface area contributed by atoms with Crippen LogP contribution in [0.2, 0.25) is 0 Å². The summed E-state index contributed by atoms with van der Waals surface area (Å²) in [4.78, 5) is 56.4. The Morgan fingerprint density at radius 1 is 1.42 bits per heavy atom. The zero-order valence-electron chi connectivity index (χ0n) is 19.6. The quantitative estimate of drug-likeness (QED) is 0.185. The lowest BCUT2D eigenvalue weighted by Crippen LogP contribution is -2.74. The van der Waals surface area contributed by atoms with Crippen LogP contribution in [-0.2, 0) is 14.3 Å². The maximum absolute atomic E-state index is 13.6. The molecule has 4 amide bonds. The lowest BCUT2D eigenvalue weighted by Gasteiger charge is -2.53. The lowest BCUT2D eigenvalue weighted by molar-refractivity contribution is -0.175. The first-order chi connectivity index (χ1) is 18.2. The largest absolute Gasteiger partial charge is 0.512 e. The second kappa shape index (κ2) is 10.3. The number of urea groups is 1. The molecule has 5 heterocycles. The van der Waals surface area contributed by atoms with Gasteiger partial charge in [-0.05, 0) is 0 Å². The van der Waals surface area contributed by atoms with Crippen LogP contribution in [0.1, 0.15) is 17.6 Å². The third kappa shape index (κ3) is 4.72. The number of amides is 4. The summed E-state index contributed by atoms with van der Waals surface area (Å²) >= 11 is 3.55. The van der Waals surface area contributed by atoms with E-state index in [1.807, 2.05) is 0 Å². The van der Waals surface area contributed by atoms with Gasteiger partial charge in [-0.15, -0.1) is 33.3 Å². The summed E-state index contributed by atoms with van der Waals surface area (Å²) in [6, 6.07) is -3.00. The van der Waals surface area contributed by atoms with Crippen LogP contribution in [0.25, 0.3) is 0 Å². The predicted octanol–water partition coefficient (Wildman–Crippen LogP) is 0.168. The van der Waals surface area contributed by atoms with Crippen molar-refractivity contribution >= 4 is 64.0 Å². The molecule has 5 rings (SSSR count). The Balaban J connectivity index is 1.42. The topological polar surface area (TPSA) is 223 Å². The lowest BCUT2D eigenvalue weighted by atomic mass is 10.0. The number of nitrogens with zero attached hydrogens (tertiary/aromatic N) is 6. The minimum Gasteiger partial charge on any atom is -0.449 e. The van der Waals surface area contributed by atoms with Crippen LogP contribution in [0.3, 0.4) is 0 Å². The molecule has 38 heavy (non-hydrogen) atoms. The number of thiazole rings is 1. The monoisotopic (exact) mass is 583 g/mol. The molecule has 2 saturated heterocycles.